The monoisotopic (exact) mass is 531 g/mol. The Morgan fingerprint density at radius 1 is 1.03 bits per heavy atom. The summed E-state index contributed by atoms with van der Waals surface area (Å²) < 4.78 is 10.6. The maximum absolute atomic E-state index is 13.4. The van der Waals surface area contributed by atoms with Gasteiger partial charge in [-0.05, 0) is 30.3 Å². The van der Waals surface area contributed by atoms with Crippen LogP contribution in [0.5, 0.6) is 5.75 Å². The van der Waals surface area contributed by atoms with E-state index in [1.54, 1.807) is 25.5 Å². The molecular formula is C27H25N5O5S. The lowest BCUT2D eigenvalue weighted by Crippen LogP contribution is -2.42. The molecule has 11 heteroatoms. The molecule has 0 spiro atoms. The van der Waals surface area contributed by atoms with Crippen molar-refractivity contribution in [3.8, 4) is 5.75 Å². The number of methoxy groups -OCH3 is 1. The van der Waals surface area contributed by atoms with Gasteiger partial charge in [-0.2, -0.15) is 0 Å². The lowest BCUT2D eigenvalue weighted by Gasteiger charge is -2.25. The van der Waals surface area contributed by atoms with E-state index in [4.69, 9.17) is 9.15 Å². The molecule has 3 aromatic rings. The first-order chi connectivity index (χ1) is 18.5. The Morgan fingerprint density at radius 2 is 1.82 bits per heavy atom. The Labute approximate surface area is 223 Å². The number of nitrogens with zero attached hydrogens (tertiary/aromatic N) is 3. The maximum Gasteiger partial charge on any atom is 0.259 e. The summed E-state index contributed by atoms with van der Waals surface area (Å²) in [6.45, 7) is 0.533. The van der Waals surface area contributed by atoms with Gasteiger partial charge in [0.05, 0.1) is 37.8 Å². The summed E-state index contributed by atoms with van der Waals surface area (Å²) >= 11 is 1.14. The summed E-state index contributed by atoms with van der Waals surface area (Å²) in [6.07, 6.45) is 1.43. The molecule has 0 saturated heterocycles. The first kappa shape index (κ1) is 25.3. The van der Waals surface area contributed by atoms with Crippen molar-refractivity contribution in [3.05, 3.63) is 83.8 Å². The number of nitrogens with one attached hydrogen (secondary N) is 2. The van der Waals surface area contributed by atoms with Crippen LogP contribution in [0.1, 0.15) is 23.3 Å². The van der Waals surface area contributed by atoms with Crippen LogP contribution in [0.3, 0.4) is 0 Å². The van der Waals surface area contributed by atoms with Crippen molar-refractivity contribution in [2.24, 2.45) is 9.98 Å². The van der Waals surface area contributed by atoms with Crippen LogP contribution in [0.15, 0.2) is 81.3 Å². The molecule has 194 valence electrons. The van der Waals surface area contributed by atoms with E-state index in [0.717, 1.165) is 17.3 Å². The smallest absolute Gasteiger partial charge is 0.259 e. The van der Waals surface area contributed by atoms with Crippen LogP contribution in [-0.2, 0) is 27.5 Å². The Kier molecular flexibility index (Phi) is 7.55. The van der Waals surface area contributed by atoms with Gasteiger partial charge in [0.1, 0.15) is 23.4 Å². The maximum atomic E-state index is 13.4. The first-order valence-corrected chi connectivity index (χ1v) is 12.9. The van der Waals surface area contributed by atoms with Crippen LogP contribution in [-0.4, -0.2) is 52.5 Å². The zero-order valence-electron chi connectivity index (χ0n) is 20.5. The van der Waals surface area contributed by atoms with Crippen LogP contribution < -0.4 is 15.4 Å². The molecule has 0 fully saturated rings. The van der Waals surface area contributed by atoms with Crippen molar-refractivity contribution in [2.75, 3.05) is 12.9 Å². The number of carbonyl (C=O) groups is 3. The molecule has 2 aliphatic heterocycles. The van der Waals surface area contributed by atoms with Gasteiger partial charge in [0.2, 0.25) is 11.8 Å². The van der Waals surface area contributed by atoms with Crippen LogP contribution in [0, 0.1) is 0 Å². The number of amides is 3. The minimum Gasteiger partial charge on any atom is -0.496 e. The predicted molar refractivity (Wildman–Crippen MR) is 143 cm³/mol. The number of aliphatic imine (C=N–C) groups is 2. The third-order valence-corrected chi connectivity index (χ3v) is 6.91. The number of fused-ring (bicyclic) bond motifs is 3. The van der Waals surface area contributed by atoms with E-state index in [0.29, 0.717) is 33.8 Å². The summed E-state index contributed by atoms with van der Waals surface area (Å²) in [5.74, 6) is 0.891. The van der Waals surface area contributed by atoms with Gasteiger partial charge >= 0.3 is 0 Å². The molecule has 5 rings (SSSR count). The average Bonchev–Trinajstić information content (AvgIpc) is 3.58. The zero-order valence-corrected chi connectivity index (χ0v) is 21.4. The molecule has 2 N–H and O–H groups in total. The topological polar surface area (TPSA) is 126 Å². The van der Waals surface area contributed by atoms with E-state index >= 15 is 0 Å². The van der Waals surface area contributed by atoms with Gasteiger partial charge in [-0.1, -0.05) is 42.1 Å². The van der Waals surface area contributed by atoms with E-state index in [1.807, 2.05) is 48.5 Å². The highest BCUT2D eigenvalue weighted by molar-refractivity contribution is 8.14. The third-order valence-electron chi connectivity index (χ3n) is 5.97. The zero-order chi connectivity index (χ0) is 26.5. The van der Waals surface area contributed by atoms with E-state index in [2.05, 4.69) is 20.6 Å². The van der Waals surface area contributed by atoms with Gasteiger partial charge in [-0.15, -0.1) is 0 Å². The van der Waals surface area contributed by atoms with Crippen LogP contribution >= 0.6 is 11.8 Å². The lowest BCUT2D eigenvalue weighted by atomic mass is 10.1. The average molecular weight is 532 g/mol. The number of carbonyl (C=O) groups excluding carboxylic acids is 3. The second-order valence-electron chi connectivity index (χ2n) is 8.49. The highest BCUT2D eigenvalue weighted by Crippen LogP contribution is 2.34. The summed E-state index contributed by atoms with van der Waals surface area (Å²) in [5, 5.41) is 5.97. The molecule has 0 aliphatic carbocycles. The summed E-state index contributed by atoms with van der Waals surface area (Å²) in [7, 11) is 1.57. The number of rotatable bonds is 9. The van der Waals surface area contributed by atoms with Crippen LogP contribution in [0.2, 0.25) is 0 Å². The van der Waals surface area contributed by atoms with Crippen molar-refractivity contribution in [1.82, 2.24) is 15.5 Å². The first-order valence-electron chi connectivity index (χ1n) is 11.9. The number of thioether (sulfide) groups is 1. The molecule has 3 amide bonds. The van der Waals surface area contributed by atoms with E-state index < -0.39 is 6.04 Å². The molecule has 1 aromatic heterocycles. The van der Waals surface area contributed by atoms with Crippen molar-refractivity contribution >= 4 is 46.2 Å². The molecule has 0 radical (unpaired) electrons. The molecule has 10 nitrogen and oxygen atoms in total. The Balaban J connectivity index is 1.26. The van der Waals surface area contributed by atoms with Gasteiger partial charge in [0.25, 0.3) is 5.91 Å². The number of amidine groups is 2. The molecule has 1 atom stereocenters. The van der Waals surface area contributed by atoms with Crippen molar-refractivity contribution in [1.29, 1.82) is 0 Å². The Morgan fingerprint density at radius 3 is 2.63 bits per heavy atom. The fourth-order valence-corrected chi connectivity index (χ4v) is 4.93. The van der Waals surface area contributed by atoms with Gasteiger partial charge in [0, 0.05) is 17.7 Å². The number of furan rings is 1. The van der Waals surface area contributed by atoms with E-state index in [-0.39, 0.29) is 43.0 Å². The van der Waals surface area contributed by atoms with Crippen LogP contribution in [0.25, 0.3) is 0 Å². The van der Waals surface area contributed by atoms with Gasteiger partial charge in [-0.25, -0.2) is 9.89 Å². The lowest BCUT2D eigenvalue weighted by molar-refractivity contribution is -0.128. The van der Waals surface area contributed by atoms with Gasteiger partial charge in [0.15, 0.2) is 5.17 Å². The third kappa shape index (κ3) is 5.47. The molecule has 0 bridgehead atoms. The molecule has 0 unspecified atom stereocenters. The second kappa shape index (κ2) is 11.3. The van der Waals surface area contributed by atoms with Crippen LogP contribution in [0.4, 0.5) is 5.69 Å². The SMILES string of the molecule is COc1ccccc1CNC(=O)C[C@H]1N=C2c3ccccc3N=C(SCC(=O)NCc3ccco3)N2C1=O. The van der Waals surface area contributed by atoms with Crippen molar-refractivity contribution in [2.45, 2.75) is 25.6 Å². The quantitative estimate of drug-likeness (QED) is 0.437. The molecule has 38 heavy (non-hydrogen) atoms. The van der Waals surface area contributed by atoms with E-state index in [9.17, 15) is 14.4 Å². The largest absolute Gasteiger partial charge is 0.496 e. The minimum absolute atomic E-state index is 0.0445. The molecular weight excluding hydrogens is 506 g/mol. The van der Waals surface area contributed by atoms with Gasteiger partial charge in [-0.3, -0.25) is 19.4 Å². The number of para-hydroxylation sites is 2. The summed E-state index contributed by atoms with van der Waals surface area (Å²) in [6, 6.07) is 17.4. The van der Waals surface area contributed by atoms with Gasteiger partial charge < -0.3 is 19.8 Å². The summed E-state index contributed by atoms with van der Waals surface area (Å²) in [5.41, 5.74) is 2.18. The highest BCUT2D eigenvalue weighted by Gasteiger charge is 2.42. The predicted octanol–water partition coefficient (Wildman–Crippen LogP) is 3.00. The fourth-order valence-electron chi connectivity index (χ4n) is 4.10. The van der Waals surface area contributed by atoms with Crippen molar-refractivity contribution < 1.29 is 23.5 Å². The van der Waals surface area contributed by atoms with E-state index in [1.165, 1.54) is 4.90 Å². The number of benzene rings is 2. The Bertz CT molecular complexity index is 1420. The standard InChI is InChI=1S/C27H25N5O5S/c1-36-22-11-5-2-7-17(22)14-28-23(33)13-21-26(35)32-25(30-21)19-9-3-4-10-20(19)31-27(32)38-16-24(34)29-15-18-8-6-12-37-18/h2-12,21H,13-16H2,1H3,(H,28,33)(H,29,34)/t21-/m1/s1. The minimum atomic E-state index is -0.896. The normalized spacial score (nSPS) is 15.8. The summed E-state index contributed by atoms with van der Waals surface area (Å²) in [4.78, 5) is 49.2. The molecule has 2 aromatic carbocycles. The number of ether oxygens (including phenoxy) is 1. The Hall–Kier alpha value is -4.38. The fraction of sp³-hybridized carbons (Fsp3) is 0.222. The molecule has 0 saturated carbocycles. The molecule has 3 heterocycles. The number of hydrogen-bond acceptors (Lipinski definition) is 8. The number of hydrogen-bond donors (Lipinski definition) is 2. The second-order valence-corrected chi connectivity index (χ2v) is 9.43. The van der Waals surface area contributed by atoms with Crippen molar-refractivity contribution in [3.63, 3.8) is 0 Å². The molecule has 2 aliphatic rings. The highest BCUT2D eigenvalue weighted by atomic mass is 32.2.